The smallest absolute Gasteiger partial charge is 0.231 e. The highest BCUT2D eigenvalue weighted by Gasteiger charge is 2.43. The third kappa shape index (κ3) is 3.05. The van der Waals surface area contributed by atoms with Gasteiger partial charge in [-0.2, -0.15) is 0 Å². The second kappa shape index (κ2) is 6.43. The van der Waals surface area contributed by atoms with Crippen LogP contribution >= 0.6 is 0 Å². The zero-order chi connectivity index (χ0) is 17.6. The first-order chi connectivity index (χ1) is 12.0. The van der Waals surface area contributed by atoms with Crippen LogP contribution < -0.4 is 5.32 Å². The Hall–Kier alpha value is -1.91. The average Bonchev–Trinajstić information content (AvgIpc) is 3.23. The van der Waals surface area contributed by atoms with Crippen molar-refractivity contribution in [2.45, 2.75) is 58.0 Å². The van der Waals surface area contributed by atoms with Gasteiger partial charge in [0.05, 0.1) is 11.6 Å². The van der Waals surface area contributed by atoms with Crippen LogP contribution in [-0.2, 0) is 16.1 Å². The molecule has 3 aliphatic rings. The lowest BCUT2D eigenvalue weighted by atomic mass is 9.83. The lowest BCUT2D eigenvalue weighted by Crippen LogP contribution is -2.47. The molecular weight excluding hydrogens is 314 g/mol. The second-order valence-electron chi connectivity index (χ2n) is 8.14. The molecule has 25 heavy (non-hydrogen) atoms. The lowest BCUT2D eigenvalue weighted by Gasteiger charge is -2.34. The summed E-state index contributed by atoms with van der Waals surface area (Å²) in [6.45, 7) is 4.68. The molecule has 5 nitrogen and oxygen atoms in total. The van der Waals surface area contributed by atoms with Crippen molar-refractivity contribution < 1.29 is 9.59 Å². The molecule has 2 aliphatic carbocycles. The molecule has 5 unspecified atom stereocenters. The fraction of sp³-hybridized carbons (Fsp3) is 0.650. The molecule has 2 amide bonds. The number of fused-ring (bicyclic) bond motifs is 3. The summed E-state index contributed by atoms with van der Waals surface area (Å²) in [5, 5.41) is 3.26. The summed E-state index contributed by atoms with van der Waals surface area (Å²) in [6, 6.07) is 4.04. The summed E-state index contributed by atoms with van der Waals surface area (Å²) in [5.41, 5.74) is 1.81. The molecule has 134 valence electrons. The molecular formula is C20H27N3O2. The molecule has 1 aromatic heterocycles. The summed E-state index contributed by atoms with van der Waals surface area (Å²) in [4.78, 5) is 31.1. The van der Waals surface area contributed by atoms with E-state index in [1.165, 1.54) is 25.7 Å². The second-order valence-corrected chi connectivity index (χ2v) is 8.14. The summed E-state index contributed by atoms with van der Waals surface area (Å²) >= 11 is 0. The van der Waals surface area contributed by atoms with E-state index in [1.807, 2.05) is 12.1 Å². The van der Waals surface area contributed by atoms with Gasteiger partial charge in [0.25, 0.3) is 0 Å². The first-order valence-corrected chi connectivity index (χ1v) is 9.52. The van der Waals surface area contributed by atoms with Crippen molar-refractivity contribution >= 4 is 11.8 Å². The Morgan fingerprint density at radius 3 is 2.84 bits per heavy atom. The largest absolute Gasteiger partial charge is 0.353 e. The maximum absolute atomic E-state index is 13.0. The minimum Gasteiger partial charge on any atom is -0.353 e. The number of hydrogen-bond donors (Lipinski definition) is 1. The molecule has 5 heteroatoms. The van der Waals surface area contributed by atoms with Gasteiger partial charge in [-0.25, -0.2) is 0 Å². The van der Waals surface area contributed by atoms with Gasteiger partial charge in [0.15, 0.2) is 0 Å². The monoisotopic (exact) mass is 341 g/mol. The molecule has 2 heterocycles. The maximum Gasteiger partial charge on any atom is 0.231 e. The van der Waals surface area contributed by atoms with E-state index in [4.69, 9.17) is 0 Å². The molecule has 0 radical (unpaired) electrons. The Labute approximate surface area is 149 Å². The van der Waals surface area contributed by atoms with E-state index in [0.29, 0.717) is 19.0 Å². The van der Waals surface area contributed by atoms with Crippen LogP contribution in [0.15, 0.2) is 18.3 Å². The first-order valence-electron chi connectivity index (χ1n) is 9.52. The highest BCUT2D eigenvalue weighted by atomic mass is 16.2. The Bertz CT molecular complexity index is 689. The van der Waals surface area contributed by atoms with Crippen molar-refractivity contribution in [1.29, 1.82) is 0 Å². The Morgan fingerprint density at radius 1 is 1.32 bits per heavy atom. The number of carbonyl (C=O) groups excluding carboxylic acids is 2. The first kappa shape index (κ1) is 16.6. The normalized spacial score (nSPS) is 31.5. The zero-order valence-electron chi connectivity index (χ0n) is 15.1. The summed E-state index contributed by atoms with van der Waals surface area (Å²) in [6.07, 6.45) is 7.03. The average molecular weight is 341 g/mol. The predicted molar refractivity (Wildman–Crippen MR) is 94.6 cm³/mol. The maximum atomic E-state index is 13.0. The summed E-state index contributed by atoms with van der Waals surface area (Å²) in [7, 11) is 0. The van der Waals surface area contributed by atoms with Crippen molar-refractivity contribution in [3.05, 3.63) is 29.6 Å². The van der Waals surface area contributed by atoms with Crippen LogP contribution in [0.5, 0.6) is 0 Å². The van der Waals surface area contributed by atoms with Gasteiger partial charge in [0.1, 0.15) is 0 Å². The van der Waals surface area contributed by atoms with Crippen molar-refractivity contribution in [3.63, 3.8) is 0 Å². The Balaban J connectivity index is 1.49. The van der Waals surface area contributed by atoms with E-state index >= 15 is 0 Å². The molecule has 1 N–H and O–H groups in total. The van der Waals surface area contributed by atoms with Gasteiger partial charge in [-0.3, -0.25) is 14.6 Å². The fourth-order valence-electron chi connectivity index (χ4n) is 5.26. The minimum atomic E-state index is -0.366. The topological polar surface area (TPSA) is 62.3 Å². The van der Waals surface area contributed by atoms with Crippen molar-refractivity contribution in [2.24, 2.45) is 17.8 Å². The van der Waals surface area contributed by atoms with Crippen molar-refractivity contribution in [1.82, 2.24) is 15.2 Å². The molecule has 1 aromatic rings. The molecule has 2 fully saturated rings. The number of pyridine rings is 1. The van der Waals surface area contributed by atoms with Crippen LogP contribution in [0.25, 0.3) is 0 Å². The predicted octanol–water partition coefficient (Wildman–Crippen LogP) is 2.47. The van der Waals surface area contributed by atoms with Crippen LogP contribution in [0.2, 0.25) is 0 Å². The van der Waals surface area contributed by atoms with Gasteiger partial charge in [-0.15, -0.1) is 0 Å². The third-order valence-corrected chi connectivity index (χ3v) is 6.59. The third-order valence-electron chi connectivity index (χ3n) is 6.59. The molecule has 5 atom stereocenters. The SMILES string of the molecule is CC(=O)N1Cc2cccnc2C(C(=O)NC(C)C2CC3CCC2C3)C1. The minimum absolute atomic E-state index is 0.00783. The molecule has 0 saturated heterocycles. The standard InChI is InChI=1S/C20H27N3O2/c1-12(17-9-14-5-6-15(17)8-14)22-20(25)18-11-23(13(2)24)10-16-4-3-7-21-19(16)18/h3-4,7,12,14-15,17-18H,5-6,8-11H2,1-2H3,(H,22,25). The van der Waals surface area contributed by atoms with E-state index in [2.05, 4.69) is 17.2 Å². The zero-order valence-corrected chi connectivity index (χ0v) is 15.1. The number of amides is 2. The van der Waals surface area contributed by atoms with E-state index < -0.39 is 0 Å². The van der Waals surface area contributed by atoms with Gasteiger partial charge in [0, 0.05) is 32.3 Å². The van der Waals surface area contributed by atoms with Gasteiger partial charge >= 0.3 is 0 Å². The number of rotatable bonds is 3. The van der Waals surface area contributed by atoms with E-state index in [0.717, 1.165) is 23.1 Å². The van der Waals surface area contributed by atoms with Crippen molar-refractivity contribution in [2.75, 3.05) is 6.54 Å². The van der Waals surface area contributed by atoms with Gasteiger partial charge in [-0.1, -0.05) is 12.5 Å². The summed E-state index contributed by atoms with van der Waals surface area (Å²) < 4.78 is 0. The Kier molecular flexibility index (Phi) is 4.26. The molecule has 0 spiro atoms. The highest BCUT2D eigenvalue weighted by molar-refractivity contribution is 5.85. The number of hydrogen-bond acceptors (Lipinski definition) is 3. The fourth-order valence-corrected chi connectivity index (χ4v) is 5.26. The number of carbonyl (C=O) groups is 2. The van der Waals surface area contributed by atoms with E-state index in [-0.39, 0.29) is 23.8 Å². The van der Waals surface area contributed by atoms with Crippen LogP contribution in [-0.4, -0.2) is 34.3 Å². The quantitative estimate of drug-likeness (QED) is 0.919. The van der Waals surface area contributed by atoms with Gasteiger partial charge < -0.3 is 10.2 Å². The lowest BCUT2D eigenvalue weighted by molar-refractivity contribution is -0.132. The highest BCUT2D eigenvalue weighted by Crippen LogP contribution is 2.49. The molecule has 1 aliphatic heterocycles. The van der Waals surface area contributed by atoms with E-state index in [9.17, 15) is 9.59 Å². The summed E-state index contributed by atoms with van der Waals surface area (Å²) in [5.74, 6) is 1.92. The van der Waals surface area contributed by atoms with Crippen LogP contribution in [0.1, 0.15) is 56.7 Å². The Morgan fingerprint density at radius 2 is 2.16 bits per heavy atom. The van der Waals surface area contributed by atoms with Gasteiger partial charge in [-0.05, 0) is 55.6 Å². The number of aromatic nitrogens is 1. The van der Waals surface area contributed by atoms with E-state index in [1.54, 1.807) is 18.0 Å². The van der Waals surface area contributed by atoms with Gasteiger partial charge in [0.2, 0.25) is 11.8 Å². The molecule has 4 rings (SSSR count). The van der Waals surface area contributed by atoms with Crippen LogP contribution in [0.3, 0.4) is 0 Å². The number of nitrogens with zero attached hydrogens (tertiary/aromatic N) is 2. The molecule has 0 aromatic carbocycles. The molecule has 2 bridgehead atoms. The van der Waals surface area contributed by atoms with Crippen LogP contribution in [0, 0.1) is 17.8 Å². The van der Waals surface area contributed by atoms with Crippen molar-refractivity contribution in [3.8, 4) is 0 Å². The van der Waals surface area contributed by atoms with Crippen LogP contribution in [0.4, 0.5) is 0 Å². The molecule has 2 saturated carbocycles. The number of nitrogens with one attached hydrogen (secondary N) is 1.